The maximum atomic E-state index is 4.74. The van der Waals surface area contributed by atoms with Gasteiger partial charge in [-0.05, 0) is 18.2 Å². The molecule has 150 valence electrons. The Hall–Kier alpha value is -3.88. The average Bonchev–Trinajstić information content (AvgIpc) is 3.50. The second-order valence-electron chi connectivity index (χ2n) is 7.60. The molecule has 6 rings (SSSR count). The Morgan fingerprint density at radius 2 is 1.80 bits per heavy atom. The lowest BCUT2D eigenvalue weighted by Gasteiger charge is -2.35. The monoisotopic (exact) mass is 399 g/mol. The molecule has 1 saturated heterocycles. The molecule has 1 fully saturated rings. The van der Waals surface area contributed by atoms with Crippen molar-refractivity contribution < 1.29 is 0 Å². The molecular weight excluding hydrogens is 378 g/mol. The normalized spacial score (nSPS) is 14.8. The first-order valence-corrected chi connectivity index (χ1v) is 10.0. The zero-order valence-electron chi connectivity index (χ0n) is 16.6. The van der Waals surface area contributed by atoms with Crippen molar-refractivity contribution in [1.29, 1.82) is 0 Å². The van der Waals surface area contributed by atoms with E-state index in [1.54, 1.807) is 11.0 Å². The number of aromatic amines is 2. The van der Waals surface area contributed by atoms with Crippen LogP contribution in [0.25, 0.3) is 33.3 Å². The lowest BCUT2D eigenvalue weighted by atomic mass is 10.2. The number of nitrogens with one attached hydrogen (secondary N) is 2. The van der Waals surface area contributed by atoms with E-state index in [1.165, 1.54) is 0 Å². The SMILES string of the molecule is Cn1cc(-c2cc3c(N4CCN(c5nc6ccccc6[nH]5)CC4)ncnc3[nH]2)cn1. The fourth-order valence-corrected chi connectivity index (χ4v) is 4.11. The average molecular weight is 399 g/mol. The molecule has 0 aliphatic carbocycles. The number of rotatable bonds is 3. The Balaban J connectivity index is 1.26. The van der Waals surface area contributed by atoms with E-state index < -0.39 is 0 Å². The Bertz CT molecular complexity index is 1300. The van der Waals surface area contributed by atoms with Crippen LogP contribution < -0.4 is 9.80 Å². The molecule has 0 amide bonds. The third-order valence-corrected chi connectivity index (χ3v) is 5.68. The standard InChI is InChI=1S/C21H21N9/c1-28-12-14(11-24-28)18-10-15-19(25-18)22-13-23-20(15)29-6-8-30(9-7-29)21-26-16-4-2-3-5-17(16)27-21/h2-5,10-13H,6-9H2,1H3,(H,26,27)(H,22,23,25). The smallest absolute Gasteiger partial charge is 0.203 e. The number of nitrogens with zero attached hydrogens (tertiary/aromatic N) is 7. The first-order valence-electron chi connectivity index (χ1n) is 10.0. The summed E-state index contributed by atoms with van der Waals surface area (Å²) in [5, 5.41) is 5.30. The van der Waals surface area contributed by atoms with Crippen molar-refractivity contribution >= 4 is 33.8 Å². The number of anilines is 2. The second-order valence-corrected chi connectivity index (χ2v) is 7.60. The number of aromatic nitrogens is 7. The van der Waals surface area contributed by atoms with Crippen molar-refractivity contribution in [3.63, 3.8) is 0 Å². The van der Waals surface area contributed by atoms with Gasteiger partial charge in [0.15, 0.2) is 0 Å². The fraction of sp³-hybridized carbons (Fsp3) is 0.238. The largest absolute Gasteiger partial charge is 0.352 e. The molecule has 4 aromatic heterocycles. The van der Waals surface area contributed by atoms with E-state index in [0.29, 0.717) is 0 Å². The van der Waals surface area contributed by atoms with Crippen LogP contribution in [0, 0.1) is 0 Å². The number of H-pyrrole nitrogens is 2. The lowest BCUT2D eigenvalue weighted by molar-refractivity contribution is 0.639. The minimum absolute atomic E-state index is 0.846. The fourth-order valence-electron chi connectivity index (χ4n) is 4.11. The van der Waals surface area contributed by atoms with Crippen LogP contribution in [0.1, 0.15) is 0 Å². The van der Waals surface area contributed by atoms with Gasteiger partial charge in [-0.1, -0.05) is 12.1 Å². The van der Waals surface area contributed by atoms with Crippen LogP contribution in [0.4, 0.5) is 11.8 Å². The van der Waals surface area contributed by atoms with Gasteiger partial charge in [0.05, 0.1) is 28.3 Å². The molecule has 0 bridgehead atoms. The van der Waals surface area contributed by atoms with Crippen molar-refractivity contribution in [2.75, 3.05) is 36.0 Å². The molecule has 0 radical (unpaired) electrons. The maximum Gasteiger partial charge on any atom is 0.203 e. The summed E-state index contributed by atoms with van der Waals surface area (Å²) in [6, 6.07) is 10.3. The summed E-state index contributed by atoms with van der Waals surface area (Å²) in [5.74, 6) is 1.90. The predicted molar refractivity (Wildman–Crippen MR) is 117 cm³/mol. The van der Waals surface area contributed by atoms with Crippen LogP contribution in [0.2, 0.25) is 0 Å². The van der Waals surface area contributed by atoms with Gasteiger partial charge < -0.3 is 19.8 Å². The van der Waals surface area contributed by atoms with Crippen molar-refractivity contribution in [1.82, 2.24) is 34.7 Å². The molecule has 2 N–H and O–H groups in total. The molecule has 1 aliphatic heterocycles. The van der Waals surface area contributed by atoms with E-state index in [4.69, 9.17) is 4.98 Å². The quantitative estimate of drug-likeness (QED) is 0.484. The van der Waals surface area contributed by atoms with E-state index in [9.17, 15) is 0 Å². The molecule has 9 nitrogen and oxygen atoms in total. The van der Waals surface area contributed by atoms with E-state index in [2.05, 4.69) is 47.0 Å². The molecule has 5 heterocycles. The van der Waals surface area contributed by atoms with E-state index in [1.807, 2.05) is 37.6 Å². The topological polar surface area (TPSA) is 94.5 Å². The molecule has 0 spiro atoms. The molecule has 0 saturated carbocycles. The van der Waals surface area contributed by atoms with Gasteiger partial charge in [0.2, 0.25) is 5.95 Å². The van der Waals surface area contributed by atoms with Crippen LogP contribution in [0.15, 0.2) is 49.1 Å². The maximum absolute atomic E-state index is 4.74. The summed E-state index contributed by atoms with van der Waals surface area (Å²) in [7, 11) is 1.92. The van der Waals surface area contributed by atoms with Crippen LogP contribution in [0.5, 0.6) is 0 Å². The Labute approximate surface area is 172 Å². The first kappa shape index (κ1) is 17.0. The highest BCUT2D eigenvalue weighted by atomic mass is 15.3. The second kappa shape index (κ2) is 6.58. The first-order chi connectivity index (χ1) is 14.7. The molecule has 9 heteroatoms. The van der Waals surface area contributed by atoms with E-state index in [0.717, 1.165) is 71.3 Å². The molecule has 0 unspecified atom stereocenters. The number of fused-ring (bicyclic) bond motifs is 2. The van der Waals surface area contributed by atoms with Crippen LogP contribution >= 0.6 is 0 Å². The third kappa shape index (κ3) is 2.78. The van der Waals surface area contributed by atoms with Crippen LogP contribution in [-0.4, -0.2) is 60.9 Å². The summed E-state index contributed by atoms with van der Waals surface area (Å²) in [6.07, 6.45) is 5.47. The van der Waals surface area contributed by atoms with Crippen molar-refractivity contribution in [2.45, 2.75) is 0 Å². The summed E-state index contributed by atoms with van der Waals surface area (Å²) >= 11 is 0. The number of piperazine rings is 1. The number of benzene rings is 1. The van der Waals surface area contributed by atoms with Crippen molar-refractivity contribution in [3.8, 4) is 11.3 Å². The molecule has 0 atom stereocenters. The highest BCUT2D eigenvalue weighted by molar-refractivity contribution is 5.92. The van der Waals surface area contributed by atoms with Gasteiger partial charge in [-0.25, -0.2) is 15.0 Å². The zero-order chi connectivity index (χ0) is 20.1. The minimum Gasteiger partial charge on any atom is -0.352 e. The molecule has 30 heavy (non-hydrogen) atoms. The molecule has 5 aromatic rings. The molecule has 1 aliphatic rings. The van der Waals surface area contributed by atoms with Gasteiger partial charge in [0.25, 0.3) is 0 Å². The van der Waals surface area contributed by atoms with Gasteiger partial charge in [0.1, 0.15) is 17.8 Å². The number of hydrogen-bond donors (Lipinski definition) is 2. The van der Waals surface area contributed by atoms with Gasteiger partial charge in [-0.3, -0.25) is 4.68 Å². The summed E-state index contributed by atoms with van der Waals surface area (Å²) in [5.41, 5.74) is 4.96. The molecular formula is C21H21N9. The summed E-state index contributed by atoms with van der Waals surface area (Å²) < 4.78 is 1.80. The van der Waals surface area contributed by atoms with Crippen LogP contribution in [0.3, 0.4) is 0 Å². The number of aryl methyl sites for hydroxylation is 1. The minimum atomic E-state index is 0.846. The lowest BCUT2D eigenvalue weighted by Crippen LogP contribution is -2.47. The van der Waals surface area contributed by atoms with Crippen molar-refractivity contribution in [2.24, 2.45) is 7.05 Å². The Morgan fingerprint density at radius 3 is 2.60 bits per heavy atom. The summed E-state index contributed by atoms with van der Waals surface area (Å²) in [6.45, 7) is 3.50. The Morgan fingerprint density at radius 1 is 0.967 bits per heavy atom. The predicted octanol–water partition coefficient (Wildman–Crippen LogP) is 2.56. The van der Waals surface area contributed by atoms with Gasteiger partial charge in [-0.2, -0.15) is 5.10 Å². The third-order valence-electron chi connectivity index (χ3n) is 5.68. The van der Waals surface area contributed by atoms with Crippen LogP contribution in [-0.2, 0) is 7.05 Å². The van der Waals surface area contributed by atoms with Gasteiger partial charge in [0, 0.05) is 45.0 Å². The number of hydrogen-bond acceptors (Lipinski definition) is 6. The number of imidazole rings is 1. The highest BCUT2D eigenvalue weighted by Crippen LogP contribution is 2.29. The van der Waals surface area contributed by atoms with Gasteiger partial charge >= 0.3 is 0 Å². The molecule has 1 aromatic carbocycles. The van der Waals surface area contributed by atoms with Gasteiger partial charge in [-0.15, -0.1) is 0 Å². The highest BCUT2D eigenvalue weighted by Gasteiger charge is 2.23. The van der Waals surface area contributed by atoms with Crippen molar-refractivity contribution in [3.05, 3.63) is 49.1 Å². The zero-order valence-corrected chi connectivity index (χ0v) is 16.6. The Kier molecular flexibility index (Phi) is 3.73. The summed E-state index contributed by atoms with van der Waals surface area (Å²) in [4.78, 5) is 25.2. The van der Waals surface area contributed by atoms with E-state index in [-0.39, 0.29) is 0 Å². The number of para-hydroxylation sites is 2. The van der Waals surface area contributed by atoms with E-state index >= 15 is 0 Å².